The Hall–Kier alpha value is -1.56. The van der Waals surface area contributed by atoms with Gasteiger partial charge in [0.25, 0.3) is 0 Å². The highest BCUT2D eigenvalue weighted by atomic mass is 35.5. The van der Waals surface area contributed by atoms with Gasteiger partial charge in [0.1, 0.15) is 10.8 Å². The Bertz CT molecular complexity index is 845. The largest absolute Gasteiger partial charge is 0.506 e. The summed E-state index contributed by atoms with van der Waals surface area (Å²) in [7, 11) is 0. The number of hydrogen-bond acceptors (Lipinski definition) is 5. The Kier molecular flexibility index (Phi) is 5.67. The maximum absolute atomic E-state index is 12.4. The van der Waals surface area contributed by atoms with Crippen molar-refractivity contribution in [3.05, 3.63) is 43.7 Å². The molecular weight excluding hydrogens is 381 g/mol. The summed E-state index contributed by atoms with van der Waals surface area (Å²) >= 11 is 13.4. The lowest BCUT2D eigenvalue weighted by molar-refractivity contribution is 0.0526. The van der Waals surface area contributed by atoms with Gasteiger partial charge >= 0.3 is 5.97 Å². The first-order chi connectivity index (χ1) is 12.0. The molecule has 0 saturated carbocycles. The number of aliphatic imine (C=N–C) groups is 1. The summed E-state index contributed by atoms with van der Waals surface area (Å²) in [4.78, 5) is 18.0. The molecule has 0 bridgehead atoms. The quantitative estimate of drug-likeness (QED) is 0.541. The number of hydrogen-bond donors (Lipinski definition) is 1. The number of nitrogens with zero attached hydrogens (tertiary/aromatic N) is 1. The molecule has 1 aromatic heterocycles. The molecular formula is C18H17Cl2NO3S. The van der Waals surface area contributed by atoms with Crippen LogP contribution in [0.1, 0.15) is 46.1 Å². The van der Waals surface area contributed by atoms with Gasteiger partial charge in [0.2, 0.25) is 0 Å². The van der Waals surface area contributed by atoms with Crippen molar-refractivity contribution in [2.24, 2.45) is 4.99 Å². The van der Waals surface area contributed by atoms with Crippen molar-refractivity contribution >= 4 is 51.7 Å². The highest BCUT2D eigenvalue weighted by Crippen LogP contribution is 2.40. The number of carbonyl (C=O) groups excluding carboxylic acids is 1. The Morgan fingerprint density at radius 3 is 2.88 bits per heavy atom. The molecule has 2 aromatic rings. The highest BCUT2D eigenvalue weighted by Gasteiger charge is 2.26. The average Bonchev–Trinajstić information content (AvgIpc) is 2.95. The predicted molar refractivity (Wildman–Crippen MR) is 102 cm³/mol. The molecule has 0 fully saturated rings. The first-order valence-corrected chi connectivity index (χ1v) is 9.62. The van der Waals surface area contributed by atoms with Gasteiger partial charge in [0.15, 0.2) is 0 Å². The van der Waals surface area contributed by atoms with Crippen LogP contribution < -0.4 is 0 Å². The van der Waals surface area contributed by atoms with Crippen LogP contribution in [0.5, 0.6) is 5.75 Å². The number of ether oxygens (including phenoxy) is 1. The first-order valence-electron chi connectivity index (χ1n) is 8.05. The van der Waals surface area contributed by atoms with Gasteiger partial charge in [-0.25, -0.2) is 9.79 Å². The summed E-state index contributed by atoms with van der Waals surface area (Å²) in [5.74, 6) is -0.434. The van der Waals surface area contributed by atoms with Crippen LogP contribution in [-0.4, -0.2) is 23.9 Å². The molecule has 3 rings (SSSR count). The zero-order valence-corrected chi connectivity index (χ0v) is 16.0. The maximum Gasteiger partial charge on any atom is 0.341 e. The number of aryl methyl sites for hydroxylation is 1. The van der Waals surface area contributed by atoms with Crippen molar-refractivity contribution in [2.75, 3.05) is 6.61 Å². The molecule has 1 heterocycles. The smallest absolute Gasteiger partial charge is 0.341 e. The van der Waals surface area contributed by atoms with Gasteiger partial charge in [-0.2, -0.15) is 0 Å². The van der Waals surface area contributed by atoms with Crippen LogP contribution in [0.25, 0.3) is 0 Å². The molecule has 0 unspecified atom stereocenters. The van der Waals surface area contributed by atoms with Gasteiger partial charge in [0, 0.05) is 21.7 Å². The monoisotopic (exact) mass is 397 g/mol. The molecule has 7 heteroatoms. The number of benzene rings is 1. The van der Waals surface area contributed by atoms with E-state index in [1.165, 1.54) is 28.5 Å². The Labute approximate surface area is 160 Å². The Balaban J connectivity index is 2.02. The van der Waals surface area contributed by atoms with Gasteiger partial charge in [-0.3, -0.25) is 0 Å². The van der Waals surface area contributed by atoms with E-state index in [1.807, 2.05) is 0 Å². The van der Waals surface area contributed by atoms with E-state index in [2.05, 4.69) is 4.99 Å². The Morgan fingerprint density at radius 1 is 1.36 bits per heavy atom. The van der Waals surface area contributed by atoms with Crippen molar-refractivity contribution < 1.29 is 14.6 Å². The van der Waals surface area contributed by atoms with Crippen LogP contribution in [0.4, 0.5) is 5.00 Å². The number of esters is 1. The Morgan fingerprint density at radius 2 is 2.12 bits per heavy atom. The van der Waals surface area contributed by atoms with Gasteiger partial charge in [0.05, 0.1) is 17.2 Å². The molecule has 1 N–H and O–H groups in total. The molecule has 1 aromatic carbocycles. The van der Waals surface area contributed by atoms with Crippen LogP contribution in [0, 0.1) is 0 Å². The SMILES string of the molecule is CCOC(=O)c1c(N=Cc2cc(Cl)cc(Cl)c2O)sc2c1CCCC2. The third-order valence-electron chi connectivity index (χ3n) is 4.01. The number of phenolic OH excluding ortho intramolecular Hbond substituents is 1. The minimum Gasteiger partial charge on any atom is -0.506 e. The molecule has 0 amide bonds. The number of rotatable bonds is 4. The summed E-state index contributed by atoms with van der Waals surface area (Å²) in [6.07, 6.45) is 5.47. The fourth-order valence-corrected chi connectivity index (χ4v) is 4.60. The lowest BCUT2D eigenvalue weighted by atomic mass is 9.95. The highest BCUT2D eigenvalue weighted by molar-refractivity contribution is 7.16. The molecule has 4 nitrogen and oxygen atoms in total. The van der Waals surface area contributed by atoms with Crippen molar-refractivity contribution in [3.8, 4) is 5.75 Å². The van der Waals surface area contributed by atoms with Crippen LogP contribution in [0.3, 0.4) is 0 Å². The molecule has 1 aliphatic rings. The summed E-state index contributed by atoms with van der Waals surface area (Å²) in [5.41, 5.74) is 2.00. The second-order valence-corrected chi connectivity index (χ2v) is 7.62. The lowest BCUT2D eigenvalue weighted by Crippen LogP contribution is -2.09. The second-order valence-electron chi connectivity index (χ2n) is 5.70. The summed E-state index contributed by atoms with van der Waals surface area (Å²) in [5, 5.41) is 11.2. The molecule has 0 saturated heterocycles. The van der Waals surface area contributed by atoms with Crippen LogP contribution in [-0.2, 0) is 17.6 Å². The summed E-state index contributed by atoms with van der Waals surface area (Å²) < 4.78 is 5.21. The van der Waals surface area contributed by atoms with E-state index in [0.717, 1.165) is 31.2 Å². The van der Waals surface area contributed by atoms with Crippen LogP contribution in [0.2, 0.25) is 10.0 Å². The standard InChI is InChI=1S/C18H17Cl2NO3S/c1-2-24-18(23)15-12-5-3-4-6-14(12)25-17(15)21-9-10-7-11(19)8-13(20)16(10)22/h7-9,22H,2-6H2,1H3. The van der Waals surface area contributed by atoms with E-state index in [-0.39, 0.29) is 16.7 Å². The maximum atomic E-state index is 12.4. The third kappa shape index (κ3) is 3.84. The van der Waals surface area contributed by atoms with Crippen LogP contribution >= 0.6 is 34.5 Å². The molecule has 132 valence electrons. The summed E-state index contributed by atoms with van der Waals surface area (Å²) in [6, 6.07) is 3.04. The van der Waals surface area contributed by atoms with E-state index in [0.29, 0.717) is 27.8 Å². The number of thiophene rings is 1. The molecule has 25 heavy (non-hydrogen) atoms. The topological polar surface area (TPSA) is 58.9 Å². The van der Waals surface area contributed by atoms with Gasteiger partial charge in [-0.15, -0.1) is 11.3 Å². The molecule has 0 aliphatic heterocycles. The minimum atomic E-state index is -0.345. The number of phenols is 1. The zero-order chi connectivity index (χ0) is 18.0. The van der Waals surface area contributed by atoms with Crippen molar-refractivity contribution in [3.63, 3.8) is 0 Å². The van der Waals surface area contributed by atoms with Crippen molar-refractivity contribution in [1.29, 1.82) is 0 Å². The normalized spacial score (nSPS) is 13.9. The molecule has 0 radical (unpaired) electrons. The summed E-state index contributed by atoms with van der Waals surface area (Å²) in [6.45, 7) is 2.10. The van der Waals surface area contributed by atoms with Gasteiger partial charge in [-0.05, 0) is 50.3 Å². The van der Waals surface area contributed by atoms with Crippen molar-refractivity contribution in [1.82, 2.24) is 0 Å². The zero-order valence-electron chi connectivity index (χ0n) is 13.6. The fourth-order valence-electron chi connectivity index (χ4n) is 2.87. The molecule has 0 atom stereocenters. The minimum absolute atomic E-state index is 0.0891. The fraction of sp³-hybridized carbons (Fsp3) is 0.333. The first kappa shape index (κ1) is 18.2. The van der Waals surface area contributed by atoms with Gasteiger partial charge < -0.3 is 9.84 Å². The van der Waals surface area contributed by atoms with Crippen molar-refractivity contribution in [2.45, 2.75) is 32.6 Å². The molecule has 0 spiro atoms. The van der Waals surface area contributed by atoms with E-state index in [4.69, 9.17) is 27.9 Å². The lowest BCUT2D eigenvalue weighted by Gasteiger charge is -2.11. The van der Waals surface area contributed by atoms with E-state index in [1.54, 1.807) is 13.0 Å². The number of fused-ring (bicyclic) bond motifs is 1. The van der Waals surface area contributed by atoms with E-state index >= 15 is 0 Å². The predicted octanol–water partition coefficient (Wildman–Crippen LogP) is 5.57. The third-order valence-corrected chi connectivity index (χ3v) is 5.72. The van der Waals surface area contributed by atoms with E-state index < -0.39 is 0 Å². The number of halogens is 2. The van der Waals surface area contributed by atoms with Gasteiger partial charge in [-0.1, -0.05) is 23.2 Å². The van der Waals surface area contributed by atoms with E-state index in [9.17, 15) is 9.90 Å². The van der Waals surface area contributed by atoms with Crippen LogP contribution in [0.15, 0.2) is 17.1 Å². The second kappa shape index (κ2) is 7.77. The number of carbonyl (C=O) groups is 1. The average molecular weight is 398 g/mol. The number of aromatic hydroxyl groups is 1. The molecule has 1 aliphatic carbocycles.